The number of carbonyl (C=O) groups is 1. The van der Waals surface area contributed by atoms with Crippen LogP contribution in [0.2, 0.25) is 0 Å². The number of para-hydroxylation sites is 1. The molecule has 0 fully saturated rings. The monoisotopic (exact) mass is 276 g/mol. The van der Waals surface area contributed by atoms with E-state index in [0.717, 1.165) is 11.3 Å². The summed E-state index contributed by atoms with van der Waals surface area (Å²) >= 11 is 0. The van der Waals surface area contributed by atoms with Gasteiger partial charge >= 0.3 is 0 Å². The van der Waals surface area contributed by atoms with E-state index in [9.17, 15) is 4.79 Å². The third kappa shape index (κ3) is 4.73. The quantitative estimate of drug-likeness (QED) is 0.902. The first-order valence-corrected chi connectivity index (χ1v) is 5.91. The van der Waals surface area contributed by atoms with Gasteiger partial charge in [-0.25, -0.2) is 0 Å². The van der Waals surface area contributed by atoms with Gasteiger partial charge in [-0.3, -0.25) is 4.79 Å². The minimum atomic E-state index is -0.535. The lowest BCUT2D eigenvalue weighted by Gasteiger charge is -2.12. The molecule has 0 spiro atoms. The van der Waals surface area contributed by atoms with Gasteiger partial charge in [-0.2, -0.15) is 0 Å². The Labute approximate surface area is 119 Å². The molecule has 2 aromatic carbocycles. The summed E-state index contributed by atoms with van der Waals surface area (Å²) < 4.78 is 0. The first-order chi connectivity index (χ1) is 8.75. The number of benzene rings is 2. The molecule has 0 aliphatic rings. The maximum atomic E-state index is 11.9. The molecule has 0 aliphatic heterocycles. The Morgan fingerprint density at radius 2 is 1.53 bits per heavy atom. The molecule has 1 atom stereocenters. The fourth-order valence-electron chi connectivity index (χ4n) is 1.72. The van der Waals surface area contributed by atoms with Crippen molar-refractivity contribution < 1.29 is 4.79 Å². The Kier molecular flexibility index (Phi) is 6.06. The van der Waals surface area contributed by atoms with Crippen LogP contribution >= 0.6 is 12.4 Å². The molecule has 0 aliphatic carbocycles. The van der Waals surface area contributed by atoms with Gasteiger partial charge in [-0.05, 0) is 24.1 Å². The van der Waals surface area contributed by atoms with Crippen molar-refractivity contribution in [3.05, 3.63) is 66.2 Å². The van der Waals surface area contributed by atoms with Crippen LogP contribution in [0.5, 0.6) is 0 Å². The maximum absolute atomic E-state index is 11.9. The minimum Gasteiger partial charge on any atom is -0.325 e. The summed E-state index contributed by atoms with van der Waals surface area (Å²) in [5, 5.41) is 2.80. The predicted molar refractivity (Wildman–Crippen MR) is 80.4 cm³/mol. The third-order valence-electron chi connectivity index (χ3n) is 2.68. The molecule has 0 heterocycles. The standard InChI is InChI=1S/C15H16N2O.ClH/c16-14(11-12-7-3-1-4-8-12)15(18)17-13-9-5-2-6-10-13;/h1-10,14H,11,16H2,(H,17,18);1H. The highest BCUT2D eigenvalue weighted by molar-refractivity contribution is 5.94. The number of halogens is 1. The summed E-state index contributed by atoms with van der Waals surface area (Å²) in [6, 6.07) is 18.6. The maximum Gasteiger partial charge on any atom is 0.241 e. The van der Waals surface area contributed by atoms with E-state index in [1.165, 1.54) is 0 Å². The summed E-state index contributed by atoms with van der Waals surface area (Å²) in [7, 11) is 0. The summed E-state index contributed by atoms with van der Waals surface area (Å²) in [6.07, 6.45) is 0.541. The van der Waals surface area contributed by atoms with Gasteiger partial charge in [0.25, 0.3) is 0 Å². The number of nitrogens with one attached hydrogen (secondary N) is 1. The SMILES string of the molecule is Cl.NC(Cc1ccccc1)C(=O)Nc1ccccc1. The minimum absolute atomic E-state index is 0. The molecule has 1 amide bonds. The average molecular weight is 277 g/mol. The number of carbonyl (C=O) groups excluding carboxylic acids is 1. The van der Waals surface area contributed by atoms with E-state index >= 15 is 0 Å². The summed E-state index contributed by atoms with van der Waals surface area (Å²) in [5.41, 5.74) is 7.72. The number of hydrogen-bond acceptors (Lipinski definition) is 2. The second-order valence-corrected chi connectivity index (χ2v) is 4.15. The van der Waals surface area contributed by atoms with Crippen LogP contribution < -0.4 is 11.1 Å². The van der Waals surface area contributed by atoms with Crippen LogP contribution in [0.3, 0.4) is 0 Å². The van der Waals surface area contributed by atoms with Gasteiger partial charge in [-0.1, -0.05) is 48.5 Å². The molecule has 2 rings (SSSR count). The highest BCUT2D eigenvalue weighted by Crippen LogP contribution is 2.07. The van der Waals surface area contributed by atoms with E-state index in [2.05, 4.69) is 5.32 Å². The third-order valence-corrected chi connectivity index (χ3v) is 2.68. The van der Waals surface area contributed by atoms with E-state index in [1.807, 2.05) is 60.7 Å². The second kappa shape index (κ2) is 7.56. The number of amides is 1. The van der Waals surface area contributed by atoms with E-state index in [0.29, 0.717) is 6.42 Å². The molecule has 1 unspecified atom stereocenters. The van der Waals surface area contributed by atoms with Crippen LogP contribution in [0.1, 0.15) is 5.56 Å². The molecule has 0 saturated carbocycles. The smallest absolute Gasteiger partial charge is 0.241 e. The van der Waals surface area contributed by atoms with Gasteiger partial charge in [0.1, 0.15) is 0 Å². The first kappa shape index (κ1) is 15.2. The topological polar surface area (TPSA) is 55.1 Å². The highest BCUT2D eigenvalue weighted by atomic mass is 35.5. The molecule has 3 nitrogen and oxygen atoms in total. The van der Waals surface area contributed by atoms with Crippen LogP contribution in [-0.4, -0.2) is 11.9 Å². The zero-order valence-corrected chi connectivity index (χ0v) is 11.3. The number of anilines is 1. The Morgan fingerprint density at radius 3 is 2.11 bits per heavy atom. The van der Waals surface area contributed by atoms with Crippen LogP contribution in [0.4, 0.5) is 5.69 Å². The molecular weight excluding hydrogens is 260 g/mol. The van der Waals surface area contributed by atoms with Crippen molar-refractivity contribution in [2.24, 2.45) is 5.73 Å². The summed E-state index contributed by atoms with van der Waals surface area (Å²) in [4.78, 5) is 11.9. The number of hydrogen-bond donors (Lipinski definition) is 2. The summed E-state index contributed by atoms with van der Waals surface area (Å²) in [6.45, 7) is 0. The van der Waals surface area contributed by atoms with Gasteiger partial charge in [0.15, 0.2) is 0 Å². The molecule has 0 radical (unpaired) electrons. The van der Waals surface area contributed by atoms with Crippen molar-refractivity contribution in [3.8, 4) is 0 Å². The highest BCUT2D eigenvalue weighted by Gasteiger charge is 2.13. The van der Waals surface area contributed by atoms with Gasteiger partial charge in [0.2, 0.25) is 5.91 Å². The molecule has 2 aromatic rings. The molecule has 0 aromatic heterocycles. The second-order valence-electron chi connectivity index (χ2n) is 4.15. The lowest BCUT2D eigenvalue weighted by Crippen LogP contribution is -2.37. The van der Waals surface area contributed by atoms with Gasteiger partial charge in [0.05, 0.1) is 6.04 Å². The van der Waals surface area contributed by atoms with Crippen LogP contribution in [0.25, 0.3) is 0 Å². The Morgan fingerprint density at radius 1 is 1.00 bits per heavy atom. The fraction of sp³-hybridized carbons (Fsp3) is 0.133. The van der Waals surface area contributed by atoms with E-state index in [1.54, 1.807) is 0 Å². The normalized spacial score (nSPS) is 11.2. The van der Waals surface area contributed by atoms with Crippen molar-refractivity contribution in [2.45, 2.75) is 12.5 Å². The molecule has 100 valence electrons. The van der Waals surface area contributed by atoms with Crippen molar-refractivity contribution >= 4 is 24.0 Å². The van der Waals surface area contributed by atoms with Crippen LogP contribution in [-0.2, 0) is 11.2 Å². The van der Waals surface area contributed by atoms with Gasteiger partial charge in [-0.15, -0.1) is 12.4 Å². The number of nitrogens with two attached hydrogens (primary N) is 1. The van der Waals surface area contributed by atoms with E-state index in [4.69, 9.17) is 5.73 Å². The predicted octanol–water partition coefficient (Wildman–Crippen LogP) is 2.62. The molecular formula is C15H17ClN2O. The van der Waals surface area contributed by atoms with Gasteiger partial charge in [0, 0.05) is 5.69 Å². The number of rotatable bonds is 4. The molecule has 3 N–H and O–H groups in total. The molecule has 0 bridgehead atoms. The zero-order valence-electron chi connectivity index (χ0n) is 10.5. The fourth-order valence-corrected chi connectivity index (χ4v) is 1.72. The zero-order chi connectivity index (χ0) is 12.8. The Balaban J connectivity index is 0.00000180. The van der Waals surface area contributed by atoms with Crippen molar-refractivity contribution in [1.29, 1.82) is 0 Å². The summed E-state index contributed by atoms with van der Waals surface area (Å²) in [5.74, 6) is -0.162. The average Bonchev–Trinajstić information content (AvgIpc) is 2.41. The molecule has 0 saturated heterocycles. The Bertz CT molecular complexity index is 502. The molecule has 19 heavy (non-hydrogen) atoms. The Hall–Kier alpha value is -1.84. The first-order valence-electron chi connectivity index (χ1n) is 5.91. The van der Waals surface area contributed by atoms with Crippen LogP contribution in [0.15, 0.2) is 60.7 Å². The van der Waals surface area contributed by atoms with E-state index in [-0.39, 0.29) is 18.3 Å². The van der Waals surface area contributed by atoms with E-state index < -0.39 is 6.04 Å². The largest absolute Gasteiger partial charge is 0.325 e. The van der Waals surface area contributed by atoms with Crippen molar-refractivity contribution in [3.63, 3.8) is 0 Å². The van der Waals surface area contributed by atoms with Crippen molar-refractivity contribution in [2.75, 3.05) is 5.32 Å². The lowest BCUT2D eigenvalue weighted by atomic mass is 10.1. The van der Waals surface area contributed by atoms with Crippen molar-refractivity contribution in [1.82, 2.24) is 0 Å². The lowest BCUT2D eigenvalue weighted by molar-refractivity contribution is -0.117. The molecule has 4 heteroatoms. The van der Waals surface area contributed by atoms with Crippen LogP contribution in [0, 0.1) is 0 Å². The van der Waals surface area contributed by atoms with Gasteiger partial charge < -0.3 is 11.1 Å².